The molecule has 208 valence electrons. The van der Waals surface area contributed by atoms with Gasteiger partial charge in [0.05, 0.1) is 32.1 Å². The van der Waals surface area contributed by atoms with E-state index in [0.29, 0.717) is 18.5 Å². The molecule has 1 saturated carbocycles. The third kappa shape index (κ3) is 5.57. The zero-order valence-electron chi connectivity index (χ0n) is 24.1. The van der Waals surface area contributed by atoms with Crippen molar-refractivity contribution in [3.05, 3.63) is 53.2 Å². The topological polar surface area (TPSA) is 54.0 Å². The van der Waals surface area contributed by atoms with Gasteiger partial charge in [0, 0.05) is 48.2 Å². The van der Waals surface area contributed by atoms with Crippen LogP contribution in [0.25, 0.3) is 10.8 Å². The van der Waals surface area contributed by atoms with E-state index in [4.69, 9.17) is 19.4 Å². The van der Waals surface area contributed by atoms with Gasteiger partial charge in [-0.1, -0.05) is 44.2 Å². The van der Waals surface area contributed by atoms with Crippen molar-refractivity contribution in [2.75, 3.05) is 69.9 Å². The second-order valence-corrected chi connectivity index (χ2v) is 12.2. The Kier molecular flexibility index (Phi) is 7.38. The molecule has 0 radical (unpaired) electrons. The molecule has 2 aromatic carbocycles. The van der Waals surface area contributed by atoms with Crippen LogP contribution in [0.1, 0.15) is 43.5 Å². The highest BCUT2D eigenvalue weighted by Crippen LogP contribution is 2.46. The summed E-state index contributed by atoms with van der Waals surface area (Å²) in [6.45, 7) is 11.3. The van der Waals surface area contributed by atoms with Crippen molar-refractivity contribution in [1.29, 1.82) is 0 Å². The molecule has 3 aromatic rings. The number of rotatable bonds is 8. The van der Waals surface area contributed by atoms with Crippen molar-refractivity contribution in [2.45, 2.75) is 46.1 Å². The molecule has 7 heteroatoms. The maximum absolute atomic E-state index is 6.41. The predicted octanol–water partition coefficient (Wildman–Crippen LogP) is 4.95. The summed E-state index contributed by atoms with van der Waals surface area (Å²) >= 11 is 0. The smallest absolute Gasteiger partial charge is 0.318 e. The van der Waals surface area contributed by atoms with Crippen molar-refractivity contribution < 1.29 is 9.47 Å². The van der Waals surface area contributed by atoms with Crippen LogP contribution < -0.4 is 14.5 Å². The van der Waals surface area contributed by atoms with E-state index in [1.54, 1.807) is 0 Å². The monoisotopic (exact) mass is 529 g/mol. The number of ether oxygens (including phenoxy) is 2. The lowest BCUT2D eigenvalue weighted by atomic mass is 9.98. The standard InChI is InChI=1S/C32H43N5O2/c1-5-24-8-6-9-25-10-7-11-28(29(24)25)36-15-12-26-27(19-36)33-31(39-22-32(13-14-32)21-35(3)4)34-30(26)37-16-17-38-20-23(2)18-37/h6-11,23H,5,12-22H2,1-4H3. The van der Waals surface area contributed by atoms with Gasteiger partial charge < -0.3 is 24.2 Å². The number of benzene rings is 2. The minimum Gasteiger partial charge on any atom is -0.463 e. The van der Waals surface area contributed by atoms with Crippen molar-refractivity contribution in [1.82, 2.24) is 14.9 Å². The molecular formula is C32H43N5O2. The summed E-state index contributed by atoms with van der Waals surface area (Å²) in [6, 6.07) is 13.9. The summed E-state index contributed by atoms with van der Waals surface area (Å²) in [5, 5.41) is 2.67. The average molecular weight is 530 g/mol. The third-order valence-corrected chi connectivity index (χ3v) is 8.57. The van der Waals surface area contributed by atoms with Crippen LogP contribution in [0.2, 0.25) is 0 Å². The molecule has 2 fully saturated rings. The van der Waals surface area contributed by atoms with Crippen LogP contribution in [-0.4, -0.2) is 75.0 Å². The fourth-order valence-corrected chi connectivity index (χ4v) is 6.46. The average Bonchev–Trinajstić information content (AvgIpc) is 3.73. The number of anilines is 2. The Balaban J connectivity index is 1.35. The molecule has 3 heterocycles. The highest BCUT2D eigenvalue weighted by molar-refractivity contribution is 5.97. The van der Waals surface area contributed by atoms with Gasteiger partial charge in [-0.15, -0.1) is 0 Å². The minimum atomic E-state index is 0.236. The molecule has 39 heavy (non-hydrogen) atoms. The normalized spacial score (nSPS) is 20.7. The van der Waals surface area contributed by atoms with Gasteiger partial charge in [0.1, 0.15) is 5.82 Å². The van der Waals surface area contributed by atoms with E-state index in [1.807, 2.05) is 0 Å². The fourth-order valence-electron chi connectivity index (χ4n) is 6.46. The van der Waals surface area contributed by atoms with Gasteiger partial charge >= 0.3 is 6.01 Å². The first kappa shape index (κ1) is 26.3. The molecule has 0 N–H and O–H groups in total. The van der Waals surface area contributed by atoms with Gasteiger partial charge in [-0.2, -0.15) is 9.97 Å². The van der Waals surface area contributed by atoms with Crippen LogP contribution in [0, 0.1) is 11.3 Å². The van der Waals surface area contributed by atoms with E-state index in [2.05, 4.69) is 79.0 Å². The summed E-state index contributed by atoms with van der Waals surface area (Å²) in [7, 11) is 4.28. The lowest BCUT2D eigenvalue weighted by molar-refractivity contribution is 0.129. The van der Waals surface area contributed by atoms with Crippen molar-refractivity contribution in [3.8, 4) is 6.01 Å². The molecule has 1 aromatic heterocycles. The zero-order valence-corrected chi connectivity index (χ0v) is 24.1. The van der Waals surface area contributed by atoms with Crippen LogP contribution in [0.15, 0.2) is 36.4 Å². The summed E-state index contributed by atoms with van der Waals surface area (Å²) in [4.78, 5) is 17.3. The van der Waals surface area contributed by atoms with Gasteiger partial charge in [-0.05, 0) is 62.7 Å². The Morgan fingerprint density at radius 2 is 1.90 bits per heavy atom. The molecule has 1 aliphatic carbocycles. The van der Waals surface area contributed by atoms with Gasteiger partial charge in [-0.25, -0.2) is 0 Å². The van der Waals surface area contributed by atoms with E-state index < -0.39 is 0 Å². The van der Waals surface area contributed by atoms with Crippen molar-refractivity contribution >= 4 is 22.3 Å². The number of fused-ring (bicyclic) bond motifs is 2. The van der Waals surface area contributed by atoms with Crippen LogP contribution in [-0.2, 0) is 24.1 Å². The summed E-state index contributed by atoms with van der Waals surface area (Å²) in [6.07, 6.45) is 4.36. The Morgan fingerprint density at radius 1 is 1.08 bits per heavy atom. The van der Waals surface area contributed by atoms with Crippen LogP contribution in [0.4, 0.5) is 11.5 Å². The van der Waals surface area contributed by atoms with Crippen LogP contribution in [0.5, 0.6) is 6.01 Å². The fraction of sp³-hybridized carbons (Fsp3) is 0.562. The lowest BCUT2D eigenvalue weighted by Gasteiger charge is -2.34. The highest BCUT2D eigenvalue weighted by atomic mass is 16.5. The second kappa shape index (κ2) is 10.9. The Morgan fingerprint density at radius 3 is 2.67 bits per heavy atom. The molecule has 1 unspecified atom stereocenters. The summed E-state index contributed by atoms with van der Waals surface area (Å²) in [5.74, 6) is 1.51. The quantitative estimate of drug-likeness (QED) is 0.409. The van der Waals surface area contributed by atoms with E-state index in [0.717, 1.165) is 70.3 Å². The maximum atomic E-state index is 6.41. The number of aromatic nitrogens is 2. The molecule has 0 amide bonds. The summed E-state index contributed by atoms with van der Waals surface area (Å²) in [5.41, 5.74) is 5.31. The van der Waals surface area contributed by atoms with Crippen LogP contribution >= 0.6 is 0 Å². The van der Waals surface area contributed by atoms with Crippen LogP contribution in [0.3, 0.4) is 0 Å². The molecule has 1 saturated heterocycles. The second-order valence-electron chi connectivity index (χ2n) is 12.2. The number of hydrogen-bond donors (Lipinski definition) is 0. The molecule has 3 aliphatic rings. The largest absolute Gasteiger partial charge is 0.463 e. The van der Waals surface area contributed by atoms with Gasteiger partial charge in [-0.3, -0.25) is 0 Å². The maximum Gasteiger partial charge on any atom is 0.318 e. The molecule has 0 bridgehead atoms. The van der Waals surface area contributed by atoms with E-state index in [1.165, 1.54) is 40.4 Å². The van der Waals surface area contributed by atoms with E-state index in [9.17, 15) is 0 Å². The molecule has 0 spiro atoms. The zero-order chi connectivity index (χ0) is 27.0. The van der Waals surface area contributed by atoms with Gasteiger partial charge in [0.15, 0.2) is 0 Å². The van der Waals surface area contributed by atoms with Gasteiger partial charge in [0.25, 0.3) is 0 Å². The third-order valence-electron chi connectivity index (χ3n) is 8.57. The first-order valence-electron chi connectivity index (χ1n) is 14.7. The van der Waals surface area contributed by atoms with Crippen molar-refractivity contribution in [2.24, 2.45) is 11.3 Å². The predicted molar refractivity (Wildman–Crippen MR) is 158 cm³/mol. The number of nitrogens with zero attached hydrogens (tertiary/aromatic N) is 5. The number of hydrogen-bond acceptors (Lipinski definition) is 7. The molecule has 1 atom stereocenters. The van der Waals surface area contributed by atoms with E-state index >= 15 is 0 Å². The molecule has 6 rings (SSSR count). The molecule has 7 nitrogen and oxygen atoms in total. The molecule has 2 aliphatic heterocycles. The Labute approximate surface area is 233 Å². The Bertz CT molecular complexity index is 1320. The van der Waals surface area contributed by atoms with Crippen molar-refractivity contribution in [3.63, 3.8) is 0 Å². The molecular weight excluding hydrogens is 486 g/mol. The SMILES string of the molecule is CCc1cccc2cccc(N3CCc4c(nc(OCC5(CN(C)C)CC5)nc4N4CCOCC(C)C4)C3)c12. The summed E-state index contributed by atoms with van der Waals surface area (Å²) < 4.78 is 12.3. The highest BCUT2D eigenvalue weighted by Gasteiger charge is 2.44. The minimum absolute atomic E-state index is 0.236. The first-order valence-corrected chi connectivity index (χ1v) is 14.7. The lowest BCUT2D eigenvalue weighted by Crippen LogP contribution is -2.36. The first-order chi connectivity index (χ1) is 18.9. The van der Waals surface area contributed by atoms with Gasteiger partial charge in [0.2, 0.25) is 0 Å². The Hall–Kier alpha value is -2.90. The van der Waals surface area contributed by atoms with E-state index in [-0.39, 0.29) is 5.41 Å². The number of aryl methyl sites for hydroxylation is 1.